The predicted molar refractivity (Wildman–Crippen MR) is 92.3 cm³/mol. The van der Waals surface area contributed by atoms with Gasteiger partial charge in [0.05, 0.1) is 12.5 Å². The number of nitrogens with two attached hydrogens (primary N) is 1. The number of rotatable bonds is 7. The molecule has 0 bridgehead atoms. The fourth-order valence-corrected chi connectivity index (χ4v) is 3.64. The van der Waals surface area contributed by atoms with Crippen LogP contribution in [0, 0.1) is 12.8 Å². The highest BCUT2D eigenvalue weighted by Crippen LogP contribution is 2.16. The zero-order valence-corrected chi connectivity index (χ0v) is 14.5. The third-order valence-corrected chi connectivity index (χ3v) is 5.06. The molecule has 0 aliphatic carbocycles. The maximum absolute atomic E-state index is 11.7. The van der Waals surface area contributed by atoms with E-state index in [-0.39, 0.29) is 17.9 Å². The summed E-state index contributed by atoms with van der Waals surface area (Å²) >= 11 is 1.69. The maximum atomic E-state index is 11.7. The molecule has 0 saturated carbocycles. The molecule has 2 rings (SSSR count). The van der Waals surface area contributed by atoms with Gasteiger partial charge in [-0.25, -0.2) is 4.79 Å². The van der Waals surface area contributed by atoms with Crippen molar-refractivity contribution in [3.05, 3.63) is 21.9 Å². The number of urea groups is 1. The summed E-state index contributed by atoms with van der Waals surface area (Å²) in [4.78, 5) is 27.6. The normalized spacial score (nSPS) is 18.6. The molecule has 4 N–H and O–H groups in total. The number of thiophene rings is 1. The Balaban J connectivity index is 1.56. The van der Waals surface area contributed by atoms with E-state index in [4.69, 9.17) is 5.73 Å². The number of piperidine rings is 1. The zero-order valence-electron chi connectivity index (χ0n) is 13.6. The predicted octanol–water partition coefficient (Wildman–Crippen LogP) is 1.44. The van der Waals surface area contributed by atoms with E-state index in [1.54, 1.807) is 11.3 Å². The maximum Gasteiger partial charge on any atom is 0.315 e. The van der Waals surface area contributed by atoms with E-state index in [0.29, 0.717) is 13.1 Å². The molecule has 1 saturated heterocycles. The van der Waals surface area contributed by atoms with E-state index in [1.165, 1.54) is 4.88 Å². The van der Waals surface area contributed by atoms with Gasteiger partial charge in [-0.15, -0.1) is 11.3 Å². The van der Waals surface area contributed by atoms with Crippen molar-refractivity contribution in [3.8, 4) is 0 Å². The molecule has 1 aliphatic rings. The first-order valence-electron chi connectivity index (χ1n) is 8.13. The quantitative estimate of drug-likeness (QED) is 0.658. The van der Waals surface area contributed by atoms with Crippen LogP contribution in [-0.4, -0.2) is 43.0 Å². The lowest BCUT2D eigenvalue weighted by Gasteiger charge is -2.31. The topological polar surface area (TPSA) is 87.5 Å². The standard InChI is InChI=1S/C16H26N4O2S/c1-12-5-6-14(23-12)10-19-16(22)18-7-3-9-20-8-2-4-13(11-20)15(17)21/h5-6,13H,2-4,7-11H2,1H3,(H2,17,21)(H2,18,19,22)/t13-/m1/s1. The third-order valence-electron chi connectivity index (χ3n) is 4.06. The van der Waals surface area contributed by atoms with Crippen molar-refractivity contribution in [2.24, 2.45) is 11.7 Å². The summed E-state index contributed by atoms with van der Waals surface area (Å²) in [7, 11) is 0. The van der Waals surface area contributed by atoms with Gasteiger partial charge in [-0.05, 0) is 51.4 Å². The van der Waals surface area contributed by atoms with Gasteiger partial charge in [0.15, 0.2) is 0 Å². The van der Waals surface area contributed by atoms with E-state index < -0.39 is 0 Å². The average Bonchev–Trinajstić information content (AvgIpc) is 2.95. The average molecular weight is 338 g/mol. The first kappa shape index (κ1) is 17.7. The van der Waals surface area contributed by atoms with Crippen LogP contribution in [0.2, 0.25) is 0 Å². The van der Waals surface area contributed by atoms with E-state index in [9.17, 15) is 9.59 Å². The summed E-state index contributed by atoms with van der Waals surface area (Å²) in [6.45, 7) is 5.89. The van der Waals surface area contributed by atoms with Crippen LogP contribution in [0.1, 0.15) is 29.0 Å². The van der Waals surface area contributed by atoms with Gasteiger partial charge in [0.1, 0.15) is 0 Å². The first-order chi connectivity index (χ1) is 11.0. The largest absolute Gasteiger partial charge is 0.369 e. The van der Waals surface area contributed by atoms with Gasteiger partial charge in [0.25, 0.3) is 0 Å². The summed E-state index contributed by atoms with van der Waals surface area (Å²) in [5, 5.41) is 5.73. The van der Waals surface area contributed by atoms with Crippen LogP contribution in [0.5, 0.6) is 0 Å². The second-order valence-electron chi connectivity index (χ2n) is 6.02. The van der Waals surface area contributed by atoms with E-state index in [0.717, 1.165) is 43.8 Å². The SMILES string of the molecule is Cc1ccc(CNC(=O)NCCCN2CCC[C@@H](C(N)=O)C2)s1. The lowest BCUT2D eigenvalue weighted by molar-refractivity contribution is -0.123. The Hall–Kier alpha value is -1.60. The number of aryl methyl sites for hydroxylation is 1. The number of primary amides is 1. The summed E-state index contributed by atoms with van der Waals surface area (Å²) in [6, 6.07) is 3.95. The van der Waals surface area contributed by atoms with Crippen LogP contribution in [0.3, 0.4) is 0 Å². The van der Waals surface area contributed by atoms with Crippen LogP contribution < -0.4 is 16.4 Å². The van der Waals surface area contributed by atoms with Gasteiger partial charge >= 0.3 is 6.03 Å². The Morgan fingerprint density at radius 2 is 2.22 bits per heavy atom. The van der Waals surface area contributed by atoms with Gasteiger partial charge in [-0.3, -0.25) is 4.79 Å². The molecule has 0 aromatic carbocycles. The van der Waals surface area contributed by atoms with E-state index >= 15 is 0 Å². The number of nitrogens with zero attached hydrogens (tertiary/aromatic N) is 1. The first-order valence-corrected chi connectivity index (χ1v) is 8.95. The molecule has 23 heavy (non-hydrogen) atoms. The molecule has 7 heteroatoms. The molecule has 128 valence electrons. The van der Waals surface area contributed by atoms with Crippen molar-refractivity contribution in [1.82, 2.24) is 15.5 Å². The molecule has 0 unspecified atom stereocenters. The van der Waals surface area contributed by atoms with Crippen molar-refractivity contribution < 1.29 is 9.59 Å². The molecule has 3 amide bonds. The second-order valence-corrected chi connectivity index (χ2v) is 7.39. The summed E-state index contributed by atoms with van der Waals surface area (Å²) < 4.78 is 0. The molecule has 1 aromatic rings. The number of likely N-dealkylation sites (tertiary alicyclic amines) is 1. The van der Waals surface area contributed by atoms with Crippen molar-refractivity contribution in [1.29, 1.82) is 0 Å². The summed E-state index contributed by atoms with van der Waals surface area (Å²) in [5.74, 6) is -0.217. The minimum absolute atomic E-state index is 0.0192. The van der Waals surface area contributed by atoms with Gasteiger partial charge in [-0.1, -0.05) is 0 Å². The van der Waals surface area contributed by atoms with Gasteiger partial charge in [0.2, 0.25) is 5.91 Å². The van der Waals surface area contributed by atoms with Crippen LogP contribution in [0.25, 0.3) is 0 Å². The Bertz CT molecular complexity index is 532. The van der Waals surface area contributed by atoms with Gasteiger partial charge < -0.3 is 21.3 Å². The number of nitrogens with one attached hydrogen (secondary N) is 2. The minimum Gasteiger partial charge on any atom is -0.369 e. The monoisotopic (exact) mass is 338 g/mol. The number of hydrogen-bond donors (Lipinski definition) is 3. The Morgan fingerprint density at radius 3 is 2.91 bits per heavy atom. The van der Waals surface area contributed by atoms with Crippen LogP contribution in [0.4, 0.5) is 4.79 Å². The van der Waals surface area contributed by atoms with Crippen molar-refractivity contribution in [2.75, 3.05) is 26.2 Å². The fourth-order valence-electron chi connectivity index (χ4n) is 2.81. The number of hydrogen-bond acceptors (Lipinski definition) is 4. The molecule has 2 heterocycles. The number of carbonyl (C=O) groups is 2. The molecule has 1 aliphatic heterocycles. The van der Waals surface area contributed by atoms with E-state index in [1.807, 2.05) is 6.07 Å². The highest BCUT2D eigenvalue weighted by Gasteiger charge is 2.23. The molecular weight excluding hydrogens is 312 g/mol. The molecule has 1 fully saturated rings. The molecule has 1 aromatic heterocycles. The van der Waals surface area contributed by atoms with Crippen LogP contribution in [0.15, 0.2) is 12.1 Å². The van der Waals surface area contributed by atoms with Crippen molar-refractivity contribution >= 4 is 23.3 Å². The Labute approximate surface area is 141 Å². The van der Waals surface area contributed by atoms with Crippen LogP contribution >= 0.6 is 11.3 Å². The minimum atomic E-state index is -0.198. The smallest absolute Gasteiger partial charge is 0.315 e. The fraction of sp³-hybridized carbons (Fsp3) is 0.625. The molecular formula is C16H26N4O2S. The number of carbonyl (C=O) groups excluding carboxylic acids is 2. The molecule has 6 nitrogen and oxygen atoms in total. The zero-order chi connectivity index (χ0) is 16.7. The summed E-state index contributed by atoms with van der Waals surface area (Å²) in [5.41, 5.74) is 5.38. The highest BCUT2D eigenvalue weighted by atomic mass is 32.1. The Kier molecular flexibility index (Phi) is 6.85. The van der Waals surface area contributed by atoms with Crippen LogP contribution in [-0.2, 0) is 11.3 Å². The lowest BCUT2D eigenvalue weighted by atomic mass is 9.97. The molecule has 0 radical (unpaired) electrons. The highest BCUT2D eigenvalue weighted by molar-refractivity contribution is 7.11. The third kappa shape index (κ3) is 6.19. The molecule has 1 atom stereocenters. The molecule has 0 spiro atoms. The second kappa shape index (κ2) is 8.88. The van der Waals surface area contributed by atoms with Crippen molar-refractivity contribution in [3.63, 3.8) is 0 Å². The van der Waals surface area contributed by atoms with Gasteiger partial charge in [-0.2, -0.15) is 0 Å². The van der Waals surface area contributed by atoms with Gasteiger partial charge in [0, 0.05) is 22.8 Å². The van der Waals surface area contributed by atoms with Crippen molar-refractivity contribution in [2.45, 2.75) is 32.7 Å². The van der Waals surface area contributed by atoms with E-state index in [2.05, 4.69) is 28.5 Å². The number of amides is 3. The lowest BCUT2D eigenvalue weighted by Crippen LogP contribution is -2.42. The summed E-state index contributed by atoms with van der Waals surface area (Å²) in [6.07, 6.45) is 2.79. The Morgan fingerprint density at radius 1 is 1.39 bits per heavy atom.